The summed E-state index contributed by atoms with van der Waals surface area (Å²) in [4.78, 5) is -0.0357. The minimum atomic E-state index is -4.51. The molecule has 9 aromatic rings. The summed E-state index contributed by atoms with van der Waals surface area (Å²) in [5.41, 5.74) is -32.3. The minimum Gasteiger partial charge on any atom is -0.310 e. The van der Waals surface area contributed by atoms with Crippen LogP contribution in [0.1, 0.15) is 113 Å². The first kappa shape index (κ1) is 12.0. The number of nitrogens with zero attached hydrogens (tertiary/aromatic N) is 2. The van der Waals surface area contributed by atoms with E-state index in [0.717, 1.165) is 0 Å². The van der Waals surface area contributed by atoms with Crippen LogP contribution in [0.25, 0.3) is 44.2 Å². The normalized spacial score (nSPS) is 26.0. The number of fused-ring (bicyclic) bond motifs is 6. The molecule has 11 rings (SSSR count). The molecule has 2 heteroatoms. The lowest BCUT2D eigenvalue weighted by atomic mass is 9.73. The maximum atomic E-state index is 10.9. The maximum Gasteiger partial charge on any atom is 0.0667 e. The van der Waals surface area contributed by atoms with E-state index >= 15 is 0 Å². The number of para-hydroxylation sites is 1. The van der Waals surface area contributed by atoms with Gasteiger partial charge in [0, 0.05) is 55.3 Å². The van der Waals surface area contributed by atoms with E-state index in [1.54, 1.807) is 0 Å². The molecule has 0 bridgehead atoms. The second-order valence-electron chi connectivity index (χ2n) is 13.0. The van der Waals surface area contributed by atoms with Gasteiger partial charge in [-0.25, -0.2) is 0 Å². The van der Waals surface area contributed by atoms with Crippen molar-refractivity contribution in [3.05, 3.63) is 228 Å². The topological polar surface area (TPSA) is 6.48 Å². The van der Waals surface area contributed by atoms with Gasteiger partial charge in [-0.1, -0.05) is 191 Å². The lowest BCUT2D eigenvalue weighted by molar-refractivity contribution is 0.632. The van der Waals surface area contributed by atoms with Crippen LogP contribution in [0.3, 0.4) is 0 Å². The van der Waals surface area contributed by atoms with Crippen LogP contribution >= 0.6 is 0 Å². The molecule has 0 aromatic heterocycles. The van der Waals surface area contributed by atoms with Gasteiger partial charge in [-0.05, 0) is 97.8 Å². The van der Waals surface area contributed by atoms with Crippen molar-refractivity contribution in [3.63, 3.8) is 0 Å². The summed E-state index contributed by atoms with van der Waals surface area (Å²) in [5, 5.41) is -2.39. The van der Waals surface area contributed by atoms with E-state index in [1.807, 2.05) is 0 Å². The van der Waals surface area contributed by atoms with Crippen LogP contribution in [0.15, 0.2) is 205 Å². The smallest absolute Gasteiger partial charge is 0.0667 e. The van der Waals surface area contributed by atoms with E-state index in [9.17, 15) is 34.3 Å². The van der Waals surface area contributed by atoms with Gasteiger partial charge in [-0.15, -0.1) is 0 Å². The van der Waals surface area contributed by atoms with Crippen molar-refractivity contribution in [2.24, 2.45) is 0 Å². The maximum absolute atomic E-state index is 10.9. The molecule has 0 fully saturated rings. The van der Waals surface area contributed by atoms with Gasteiger partial charge >= 0.3 is 0 Å². The number of anilines is 6. The zero-order chi connectivity index (χ0) is 80.2. The van der Waals surface area contributed by atoms with Crippen molar-refractivity contribution in [2.45, 2.75) is 38.2 Å². The number of hydrogen-bond acceptors (Lipinski definition) is 2. The molecule has 0 radical (unpaired) electrons. The average Bonchev–Trinajstić information content (AvgIpc) is 1.04. The van der Waals surface area contributed by atoms with Gasteiger partial charge in [0.05, 0.1) is 63.7 Å². The molecule has 2 aliphatic rings. The third-order valence-corrected chi connectivity index (χ3v) is 9.61. The van der Waals surface area contributed by atoms with Gasteiger partial charge in [-0.3, -0.25) is 0 Å². The Labute approximate surface area is 418 Å². The van der Waals surface area contributed by atoms with Crippen molar-refractivity contribution in [2.75, 3.05) is 9.80 Å². The van der Waals surface area contributed by atoms with Gasteiger partial charge in [0.2, 0.25) is 0 Å². The Morgan fingerprint density at radius 2 is 0.950 bits per heavy atom. The summed E-state index contributed by atoms with van der Waals surface area (Å²) in [7, 11) is 0. The van der Waals surface area contributed by atoms with Crippen molar-refractivity contribution < 1.29 is 63.1 Å². The van der Waals surface area contributed by atoms with Crippen LogP contribution in [0.5, 0.6) is 0 Å². The number of hydrogen-bond donors (Lipinski definition) is 0. The molecule has 1 aliphatic carbocycles. The standard InChI is InChI=1S/C58H46N2/c1-57(2)50-24-14-13-23-48(50)49-35-32-44(37-53(49)57)59(43-30-27-40(28-31-43)39-17-7-5-8-18-39)45-33-36-52-55(38-45)60(54-26-16-15-25-51(54)58(52,3)4)56-46-22-12-11-21-42(46)29-34-47(56)41-19-9-6-10-20-41/h5-38H,1-4H3/i1D3,2D3,3D3,4D3,5D,6D,7D,8D,9D,10D,11D,12D,13D,14D,15D,16D,17D,18D,19D,20D,21D,22D,23D,24D,25D,26D,27D,28D,29D,30D,31D,32D,33D,34D,35D,36D,37D,38D. The third kappa shape index (κ3) is 5.55. The molecule has 0 N–H and O–H groups in total. The van der Waals surface area contributed by atoms with E-state index in [4.69, 9.17) is 28.8 Å². The lowest BCUT2D eigenvalue weighted by Crippen LogP contribution is -2.31. The zero-order valence-electron chi connectivity index (χ0n) is 75.9. The molecule has 1 aliphatic heterocycles. The molecule has 0 saturated carbocycles. The van der Waals surface area contributed by atoms with E-state index in [1.165, 1.54) is 0 Å². The molecule has 0 unspecified atom stereocenters. The summed E-state index contributed by atoms with van der Waals surface area (Å²) in [6, 6.07) is -49.3. The summed E-state index contributed by atoms with van der Waals surface area (Å²) in [6.45, 7) is -17.6. The number of benzene rings is 9. The van der Waals surface area contributed by atoms with Crippen LogP contribution in [-0.4, -0.2) is 0 Å². The molecular weight excluding hydrogens is 725 g/mol. The second-order valence-corrected chi connectivity index (χ2v) is 13.0. The molecule has 2 nitrogen and oxygen atoms in total. The first-order valence-corrected chi connectivity index (χ1v) is 17.3. The Kier molecular flexibility index (Phi) is 2.74. The summed E-state index contributed by atoms with van der Waals surface area (Å²) >= 11 is 0. The van der Waals surface area contributed by atoms with Gasteiger partial charge in [-0.2, -0.15) is 0 Å². The predicted octanol–water partition coefficient (Wildman–Crippen LogP) is 16.1. The highest BCUT2D eigenvalue weighted by molar-refractivity contribution is 6.08. The molecule has 0 amide bonds. The van der Waals surface area contributed by atoms with Crippen LogP contribution in [-0.2, 0) is 10.8 Å². The Balaban J connectivity index is 1.53. The highest BCUT2D eigenvalue weighted by atomic mass is 15.2. The first-order valence-electron chi connectivity index (χ1n) is 40.3. The zero-order valence-corrected chi connectivity index (χ0v) is 29.9. The summed E-state index contributed by atoms with van der Waals surface area (Å²) in [5.74, 6) is 0. The van der Waals surface area contributed by atoms with Crippen molar-refractivity contribution in [1.29, 1.82) is 0 Å². The SMILES string of the molecule is [2H]c1c([2H])c([2H])c(-c2c([2H])c([2H])c(N(c3c([2H])c([2H])c4c(c3[2H])N(c3c(-c5c([2H])c([2H])c([2H])c([2H])c5[2H])c([2H])c([2H])c5c([2H])c([2H])c([2H])c([2H])c35)c3c([2H])c([2H])c([2H])c([2H])c3C4(C([2H])([2H])[2H])C([2H])([2H])[2H])c3c([2H])c([2H])c4c(c3[2H])C(C([2H])([2H])[2H])(C([2H])([2H])[2H])c3c([2H])c([2H])c([2H])c([2H])c3-4)c([2H])c2[2H])c([2H])c1[2H]. The molecular formula is C58H46N2. The fraction of sp³-hybridized carbons (Fsp3) is 0.103. The van der Waals surface area contributed by atoms with E-state index in [0.29, 0.717) is 0 Å². The highest BCUT2D eigenvalue weighted by Gasteiger charge is 2.39. The van der Waals surface area contributed by atoms with Gasteiger partial charge in [0.25, 0.3) is 0 Å². The van der Waals surface area contributed by atoms with Crippen LogP contribution < -0.4 is 9.80 Å². The van der Waals surface area contributed by atoms with Crippen molar-refractivity contribution >= 4 is 44.9 Å². The van der Waals surface area contributed by atoms with Gasteiger partial charge < -0.3 is 9.80 Å². The largest absolute Gasteiger partial charge is 0.310 e. The van der Waals surface area contributed by atoms with E-state index in [-0.39, 0.29) is 9.80 Å². The Morgan fingerprint density at radius 3 is 1.73 bits per heavy atom. The Hall–Kier alpha value is -7.16. The molecule has 60 heavy (non-hydrogen) atoms. The van der Waals surface area contributed by atoms with Crippen LogP contribution in [0.4, 0.5) is 34.1 Å². The van der Waals surface area contributed by atoms with Crippen LogP contribution in [0, 0.1) is 0 Å². The van der Waals surface area contributed by atoms with Crippen molar-refractivity contribution in [1.82, 2.24) is 0 Å². The van der Waals surface area contributed by atoms with Gasteiger partial charge in [0.15, 0.2) is 0 Å². The molecule has 9 aromatic carbocycles. The minimum absolute atomic E-state index is 0.0991. The molecule has 288 valence electrons. The fourth-order valence-corrected chi connectivity index (χ4v) is 6.95. The average molecular weight is 817 g/mol. The van der Waals surface area contributed by atoms with E-state index < -0.39 is 344 Å². The lowest BCUT2D eigenvalue weighted by Gasteiger charge is -2.43. The second kappa shape index (κ2) is 13.7. The van der Waals surface area contributed by atoms with Gasteiger partial charge in [0.1, 0.15) is 0 Å². The van der Waals surface area contributed by atoms with Crippen LogP contribution in [0.2, 0.25) is 0 Å². The fourth-order valence-electron chi connectivity index (χ4n) is 6.95. The molecule has 0 atom stereocenters. The Bertz CT molecular complexity index is 5430. The first-order chi connectivity index (χ1) is 48.5. The summed E-state index contributed by atoms with van der Waals surface area (Å²) < 4.78 is 430. The monoisotopic (exact) mass is 817 g/mol. The predicted molar refractivity (Wildman–Crippen MR) is 254 cm³/mol. The number of rotatable bonds is 6. The molecule has 1 heterocycles. The third-order valence-electron chi connectivity index (χ3n) is 9.61. The molecule has 0 spiro atoms. The summed E-state index contributed by atoms with van der Waals surface area (Å²) in [6.07, 6.45) is 0. The van der Waals surface area contributed by atoms with E-state index in [2.05, 4.69) is 0 Å². The highest BCUT2D eigenvalue weighted by Crippen LogP contribution is 2.57. The van der Waals surface area contributed by atoms with Crippen molar-refractivity contribution in [3.8, 4) is 33.4 Å². The Morgan fingerprint density at radius 1 is 0.400 bits per heavy atom. The quantitative estimate of drug-likeness (QED) is 0.165. The molecule has 0 saturated heterocycles.